The number of fused-ring (bicyclic) bond motifs is 2. The predicted octanol–water partition coefficient (Wildman–Crippen LogP) is 2.30. The zero-order chi connectivity index (χ0) is 14.6. The van der Waals surface area contributed by atoms with Crippen molar-refractivity contribution in [1.29, 1.82) is 0 Å². The molecule has 21 heavy (non-hydrogen) atoms. The molecule has 1 aromatic carbocycles. The van der Waals surface area contributed by atoms with Gasteiger partial charge in [0, 0.05) is 35.6 Å². The summed E-state index contributed by atoms with van der Waals surface area (Å²) in [5.74, 6) is 0.323. The Morgan fingerprint density at radius 1 is 1.43 bits per heavy atom. The topological polar surface area (TPSA) is 45.3 Å². The number of methoxy groups -OCH3 is 1. The van der Waals surface area contributed by atoms with Gasteiger partial charge in [0.25, 0.3) is 0 Å². The summed E-state index contributed by atoms with van der Waals surface area (Å²) in [5.41, 5.74) is 4.01. The molecule has 4 heteroatoms. The van der Waals surface area contributed by atoms with Crippen molar-refractivity contribution in [3.63, 3.8) is 0 Å². The van der Waals surface area contributed by atoms with E-state index in [4.69, 9.17) is 4.74 Å². The molecule has 1 fully saturated rings. The van der Waals surface area contributed by atoms with Crippen LogP contribution in [0.25, 0.3) is 10.9 Å². The number of nitrogens with one attached hydrogen (secondary N) is 1. The van der Waals surface area contributed by atoms with Crippen LogP contribution in [-0.4, -0.2) is 42.6 Å². The monoisotopic (exact) mass is 284 g/mol. The molecule has 0 saturated carbocycles. The summed E-state index contributed by atoms with van der Waals surface area (Å²) < 4.78 is 4.97. The molecule has 2 heterocycles. The number of benzene rings is 1. The molecular formula is C17H20N2O2. The van der Waals surface area contributed by atoms with Gasteiger partial charge in [-0.2, -0.15) is 0 Å². The van der Waals surface area contributed by atoms with Crippen LogP contribution in [0.4, 0.5) is 0 Å². The van der Waals surface area contributed by atoms with Gasteiger partial charge in [-0.3, -0.25) is 4.79 Å². The molecule has 1 aliphatic heterocycles. The Morgan fingerprint density at radius 3 is 3.10 bits per heavy atom. The Kier molecular flexibility index (Phi) is 2.82. The van der Waals surface area contributed by atoms with Gasteiger partial charge in [-0.15, -0.1) is 0 Å². The minimum absolute atomic E-state index is 0.0167. The fraction of sp³-hybridized carbons (Fsp3) is 0.471. The van der Waals surface area contributed by atoms with E-state index in [1.165, 1.54) is 29.1 Å². The number of hydrogen-bond donors (Lipinski definition) is 1. The molecule has 3 unspecified atom stereocenters. The Balaban J connectivity index is 1.79. The van der Waals surface area contributed by atoms with Crippen molar-refractivity contribution >= 4 is 16.9 Å². The van der Waals surface area contributed by atoms with E-state index < -0.39 is 0 Å². The molecule has 3 atom stereocenters. The van der Waals surface area contributed by atoms with E-state index in [0.717, 1.165) is 19.4 Å². The van der Waals surface area contributed by atoms with Crippen LogP contribution in [0, 0.1) is 5.92 Å². The number of piperidine rings is 1. The Bertz CT molecular complexity index is 706. The molecule has 0 radical (unpaired) electrons. The van der Waals surface area contributed by atoms with Crippen LogP contribution in [0.15, 0.2) is 24.4 Å². The van der Waals surface area contributed by atoms with Gasteiger partial charge in [0.05, 0.1) is 13.0 Å². The molecule has 0 amide bonds. The number of H-pyrrole nitrogens is 1. The lowest BCUT2D eigenvalue weighted by Gasteiger charge is -2.44. The van der Waals surface area contributed by atoms with Crippen LogP contribution >= 0.6 is 0 Å². The summed E-state index contributed by atoms with van der Waals surface area (Å²) in [6.45, 7) is 0.795. The maximum Gasteiger partial charge on any atom is 0.309 e. The van der Waals surface area contributed by atoms with Crippen molar-refractivity contribution in [2.75, 3.05) is 20.7 Å². The second-order valence-electron chi connectivity index (χ2n) is 6.36. The Morgan fingerprint density at radius 2 is 2.29 bits per heavy atom. The number of ether oxygens (including phenoxy) is 1. The fourth-order valence-corrected chi connectivity index (χ4v) is 4.28. The van der Waals surface area contributed by atoms with E-state index in [2.05, 4.69) is 41.3 Å². The van der Waals surface area contributed by atoms with Crippen molar-refractivity contribution in [2.45, 2.75) is 24.8 Å². The van der Waals surface area contributed by atoms with Gasteiger partial charge < -0.3 is 14.6 Å². The molecular weight excluding hydrogens is 264 g/mol. The SMILES string of the molecule is COC(=O)C1CC2c3cccc4[nH]cc(c34)CC2N(C)C1. The van der Waals surface area contributed by atoms with E-state index in [0.29, 0.717) is 12.0 Å². The minimum atomic E-state index is -0.0765. The number of aromatic nitrogens is 1. The molecule has 2 aliphatic rings. The highest BCUT2D eigenvalue weighted by Crippen LogP contribution is 2.44. The second-order valence-corrected chi connectivity index (χ2v) is 6.36. The number of carbonyl (C=O) groups is 1. The zero-order valence-electron chi connectivity index (χ0n) is 12.4. The third-order valence-corrected chi connectivity index (χ3v) is 5.26. The van der Waals surface area contributed by atoms with Gasteiger partial charge in [-0.05, 0) is 37.1 Å². The first-order chi connectivity index (χ1) is 10.2. The molecule has 110 valence electrons. The van der Waals surface area contributed by atoms with Gasteiger partial charge in [-0.1, -0.05) is 12.1 Å². The lowest BCUT2D eigenvalue weighted by atomic mass is 9.72. The number of aromatic amines is 1. The molecule has 0 spiro atoms. The van der Waals surface area contributed by atoms with Gasteiger partial charge in [-0.25, -0.2) is 0 Å². The highest BCUT2D eigenvalue weighted by molar-refractivity contribution is 5.88. The summed E-state index contributed by atoms with van der Waals surface area (Å²) in [7, 11) is 3.62. The first-order valence-electron chi connectivity index (χ1n) is 7.56. The molecule has 0 bridgehead atoms. The summed E-state index contributed by atoms with van der Waals surface area (Å²) in [4.78, 5) is 17.7. The summed E-state index contributed by atoms with van der Waals surface area (Å²) in [6.07, 6.45) is 4.10. The zero-order valence-corrected chi connectivity index (χ0v) is 12.4. The smallest absolute Gasteiger partial charge is 0.309 e. The van der Waals surface area contributed by atoms with Crippen LogP contribution in [0.5, 0.6) is 0 Å². The average molecular weight is 284 g/mol. The third kappa shape index (κ3) is 1.82. The number of carbonyl (C=O) groups excluding carboxylic acids is 1. The Labute approximate surface area is 124 Å². The number of hydrogen-bond acceptors (Lipinski definition) is 3. The average Bonchev–Trinajstić information content (AvgIpc) is 2.92. The maximum absolute atomic E-state index is 12.0. The molecule has 1 N–H and O–H groups in total. The molecule has 1 aliphatic carbocycles. The van der Waals surface area contributed by atoms with Crippen LogP contribution in [0.1, 0.15) is 23.5 Å². The van der Waals surface area contributed by atoms with Crippen molar-refractivity contribution < 1.29 is 9.53 Å². The van der Waals surface area contributed by atoms with Gasteiger partial charge in [0.2, 0.25) is 0 Å². The first-order valence-corrected chi connectivity index (χ1v) is 7.56. The number of likely N-dealkylation sites (tertiary alicyclic amines) is 1. The van der Waals surface area contributed by atoms with Crippen molar-refractivity contribution in [2.24, 2.45) is 5.92 Å². The minimum Gasteiger partial charge on any atom is -0.469 e. The number of likely N-dealkylation sites (N-methyl/N-ethyl adjacent to an activating group) is 1. The molecule has 1 aromatic heterocycles. The number of nitrogens with zero attached hydrogens (tertiary/aromatic N) is 1. The van der Waals surface area contributed by atoms with E-state index in [9.17, 15) is 4.79 Å². The normalized spacial score (nSPS) is 28.4. The largest absolute Gasteiger partial charge is 0.469 e. The van der Waals surface area contributed by atoms with Crippen LogP contribution < -0.4 is 0 Å². The van der Waals surface area contributed by atoms with Crippen molar-refractivity contribution in [1.82, 2.24) is 9.88 Å². The van der Waals surface area contributed by atoms with Crippen LogP contribution in [-0.2, 0) is 16.0 Å². The maximum atomic E-state index is 12.0. The second kappa shape index (κ2) is 4.60. The molecule has 2 aromatic rings. The van der Waals surface area contributed by atoms with Crippen molar-refractivity contribution in [3.8, 4) is 0 Å². The van der Waals surface area contributed by atoms with Crippen LogP contribution in [0.3, 0.4) is 0 Å². The highest BCUT2D eigenvalue weighted by Gasteiger charge is 2.41. The lowest BCUT2D eigenvalue weighted by Crippen LogP contribution is -2.49. The fourth-order valence-electron chi connectivity index (χ4n) is 4.28. The van der Waals surface area contributed by atoms with E-state index in [1.54, 1.807) is 0 Å². The summed E-state index contributed by atoms with van der Waals surface area (Å²) >= 11 is 0. The highest BCUT2D eigenvalue weighted by atomic mass is 16.5. The van der Waals surface area contributed by atoms with E-state index >= 15 is 0 Å². The standard InChI is InChI=1S/C17H20N2O2/c1-19-9-11(17(20)21-2)6-13-12-4-3-5-14-16(12)10(8-18-14)7-15(13)19/h3-5,8,11,13,15,18H,6-7,9H2,1-2H3. The third-order valence-electron chi connectivity index (χ3n) is 5.26. The predicted molar refractivity (Wildman–Crippen MR) is 81.3 cm³/mol. The summed E-state index contributed by atoms with van der Waals surface area (Å²) in [6, 6.07) is 6.96. The van der Waals surface area contributed by atoms with E-state index in [1.807, 2.05) is 0 Å². The number of rotatable bonds is 1. The van der Waals surface area contributed by atoms with Gasteiger partial charge in [0.15, 0.2) is 0 Å². The Hall–Kier alpha value is -1.81. The van der Waals surface area contributed by atoms with Crippen molar-refractivity contribution in [3.05, 3.63) is 35.5 Å². The first kappa shape index (κ1) is 12.9. The molecule has 4 nitrogen and oxygen atoms in total. The van der Waals surface area contributed by atoms with E-state index in [-0.39, 0.29) is 11.9 Å². The molecule has 4 rings (SSSR count). The quantitative estimate of drug-likeness (QED) is 0.817. The summed E-state index contributed by atoms with van der Waals surface area (Å²) in [5, 5.41) is 1.37. The van der Waals surface area contributed by atoms with Gasteiger partial charge in [0.1, 0.15) is 0 Å². The van der Waals surface area contributed by atoms with Crippen LogP contribution in [0.2, 0.25) is 0 Å². The number of esters is 1. The molecule has 1 saturated heterocycles. The van der Waals surface area contributed by atoms with Gasteiger partial charge >= 0.3 is 5.97 Å². The lowest BCUT2D eigenvalue weighted by molar-refractivity contribution is -0.148.